The average molecular weight is 1830 g/mol. The molecule has 28 aromatic rings. The van der Waals surface area contributed by atoms with Crippen molar-refractivity contribution in [3.63, 3.8) is 0 Å². The van der Waals surface area contributed by atoms with Crippen molar-refractivity contribution in [2.24, 2.45) is 0 Å². The van der Waals surface area contributed by atoms with E-state index in [9.17, 15) is 0 Å². The smallest absolute Gasteiger partial charge is 0.160 e. The molecule has 8 heterocycles. The number of hydrogen-bond donors (Lipinski definition) is 0. The minimum Gasteiger partial charge on any atom is -0.456 e. The molecule has 0 aliphatic heterocycles. The van der Waals surface area contributed by atoms with Crippen molar-refractivity contribution in [1.29, 1.82) is 0 Å². The summed E-state index contributed by atoms with van der Waals surface area (Å²) in [5.41, 5.74) is 40.4. The van der Waals surface area contributed by atoms with E-state index in [1.54, 1.807) is 0 Å². The zero-order chi connectivity index (χ0) is 94.6. The molecule has 20 aromatic carbocycles. The van der Waals surface area contributed by atoms with Gasteiger partial charge in [0.25, 0.3) is 0 Å². The second-order valence-electron chi connectivity index (χ2n) is 36.2. The third kappa shape index (κ3) is 16.5. The summed E-state index contributed by atoms with van der Waals surface area (Å²) in [6.45, 7) is 0. The van der Waals surface area contributed by atoms with Crippen molar-refractivity contribution in [3.8, 4) is 168 Å². The Hall–Kier alpha value is -19.2. The summed E-state index contributed by atoms with van der Waals surface area (Å²) in [6.07, 6.45) is 0. The molecule has 0 spiro atoms. The lowest BCUT2D eigenvalue weighted by molar-refractivity contribution is 0.668. The first kappa shape index (κ1) is 84.3. The number of nitrogens with zero attached hydrogens (tertiary/aromatic N) is 4. The maximum absolute atomic E-state index is 6.17. The highest BCUT2D eigenvalue weighted by atomic mass is 16.3. The fourth-order valence-corrected chi connectivity index (χ4v) is 20.0. The average Bonchev–Trinajstić information content (AvgIpc) is 1.62. The van der Waals surface area contributed by atoms with Crippen LogP contribution in [0.4, 0.5) is 0 Å². The van der Waals surface area contributed by atoms with Crippen molar-refractivity contribution < 1.29 is 22.1 Å². The molecular weight excluding hydrogens is 1750 g/mol. The Balaban J connectivity index is 0.000000110. The number of furan rings is 5. The molecule has 0 aliphatic rings. The van der Waals surface area contributed by atoms with E-state index in [0.717, 1.165) is 267 Å². The monoisotopic (exact) mass is 1830 g/mol. The summed E-state index contributed by atoms with van der Waals surface area (Å²) in [7, 11) is 0. The van der Waals surface area contributed by atoms with Crippen LogP contribution in [0.2, 0.25) is 0 Å². The number of rotatable bonds is 15. The fourth-order valence-electron chi connectivity index (χ4n) is 20.0. The lowest BCUT2D eigenvalue weighted by Gasteiger charge is -2.12. The molecule has 0 saturated carbocycles. The maximum atomic E-state index is 6.17. The molecule has 0 saturated heterocycles. The van der Waals surface area contributed by atoms with Gasteiger partial charge in [0.2, 0.25) is 0 Å². The van der Waals surface area contributed by atoms with Gasteiger partial charge in [-0.2, -0.15) is 0 Å². The van der Waals surface area contributed by atoms with Gasteiger partial charge in [-0.25, -0.2) is 19.9 Å². The van der Waals surface area contributed by atoms with Crippen LogP contribution in [-0.4, -0.2) is 19.9 Å². The largest absolute Gasteiger partial charge is 0.456 e. The summed E-state index contributed by atoms with van der Waals surface area (Å²) in [6, 6.07) is 178. The molecule has 0 N–H and O–H groups in total. The Bertz CT molecular complexity index is 9240. The Morgan fingerprint density at radius 1 is 0.112 bits per heavy atom. The summed E-state index contributed by atoms with van der Waals surface area (Å²) >= 11 is 0. The van der Waals surface area contributed by atoms with E-state index in [4.69, 9.17) is 42.0 Å². The number of para-hydroxylation sites is 5. The fraction of sp³-hybridized carbons (Fsp3) is 0. The standard InChI is InChI=1S/2C47H29NO2.C40H26N2O/c1-2-8-33(9-3-1)42-26-37(32-16-14-30(15-17-32)35-22-24-40-38-10-4-6-12-44(38)49-46(40)28-35)27-43(48-42)34-20-18-31(19-21-34)36-23-25-41-39-11-5-7-13-45(39)50-47(41)29-36;1-2-8-33(9-3-1)42-28-37(32-16-14-30(15-17-32)35-22-24-46-40(26-35)38-10-4-6-12-44(38)49-46)29-43(48-42)34-20-18-31(19-21-34)36-23-25-47-41(27-36)39-11-5-7-13-45(39)50-47;1-3-10-30(11-4-1)35-26-36(42-40(41-35)32-12-5-2-6-13-32)31-24-20-28(21-25-31)27-18-22-29(23-19-27)33-15-9-17-38-39(33)34-14-7-8-16-37(34)43-38/h2*1-29H;1-26H. The second kappa shape index (κ2) is 36.4. The van der Waals surface area contributed by atoms with Gasteiger partial charge in [0.15, 0.2) is 5.82 Å². The predicted molar refractivity (Wildman–Crippen MR) is 588 cm³/mol. The van der Waals surface area contributed by atoms with E-state index in [0.29, 0.717) is 0 Å². The lowest BCUT2D eigenvalue weighted by atomic mass is 9.96. The van der Waals surface area contributed by atoms with Gasteiger partial charge in [-0.3, -0.25) is 0 Å². The third-order valence-corrected chi connectivity index (χ3v) is 27.4. The molecular formula is C134H84N4O5. The molecule has 0 unspecified atom stereocenters. The number of fused-ring (bicyclic) bond motifs is 15. The van der Waals surface area contributed by atoms with E-state index >= 15 is 0 Å². The summed E-state index contributed by atoms with van der Waals surface area (Å²) in [5, 5.41) is 11.4. The van der Waals surface area contributed by atoms with Crippen LogP contribution in [0.5, 0.6) is 0 Å². The Morgan fingerprint density at radius 3 is 0.713 bits per heavy atom. The van der Waals surface area contributed by atoms with Crippen LogP contribution >= 0.6 is 0 Å². The van der Waals surface area contributed by atoms with Gasteiger partial charge in [-0.1, -0.05) is 394 Å². The number of pyridine rings is 2. The zero-order valence-corrected chi connectivity index (χ0v) is 77.3. The molecule has 0 radical (unpaired) electrons. The Morgan fingerprint density at radius 2 is 0.343 bits per heavy atom. The number of hydrogen-bond acceptors (Lipinski definition) is 9. The van der Waals surface area contributed by atoms with E-state index < -0.39 is 0 Å². The van der Waals surface area contributed by atoms with Gasteiger partial charge in [0.05, 0.1) is 34.2 Å². The molecule has 9 nitrogen and oxygen atoms in total. The topological polar surface area (TPSA) is 117 Å². The Kier molecular flexibility index (Phi) is 21.4. The lowest BCUT2D eigenvalue weighted by Crippen LogP contribution is -1.95. The minimum absolute atomic E-state index is 0.719. The summed E-state index contributed by atoms with van der Waals surface area (Å²) in [5.74, 6) is 0.719. The summed E-state index contributed by atoms with van der Waals surface area (Å²) < 4.78 is 30.6. The number of benzene rings is 20. The maximum Gasteiger partial charge on any atom is 0.160 e. The van der Waals surface area contributed by atoms with Crippen LogP contribution in [0.3, 0.4) is 0 Å². The first-order chi connectivity index (χ1) is 70.8. The van der Waals surface area contributed by atoms with Crippen LogP contribution in [0.25, 0.3) is 278 Å². The Labute approximate surface area is 823 Å². The van der Waals surface area contributed by atoms with Crippen molar-refractivity contribution in [3.05, 3.63) is 510 Å². The normalized spacial score (nSPS) is 11.5. The van der Waals surface area contributed by atoms with Crippen LogP contribution in [0.15, 0.2) is 532 Å². The molecule has 0 amide bonds. The third-order valence-electron chi connectivity index (χ3n) is 27.4. The van der Waals surface area contributed by atoms with Crippen LogP contribution < -0.4 is 0 Å². The molecule has 143 heavy (non-hydrogen) atoms. The highest BCUT2D eigenvalue weighted by Gasteiger charge is 2.21. The van der Waals surface area contributed by atoms with Crippen LogP contribution in [-0.2, 0) is 0 Å². The first-order valence-corrected chi connectivity index (χ1v) is 48.1. The molecule has 0 aliphatic carbocycles. The van der Waals surface area contributed by atoms with Crippen molar-refractivity contribution >= 4 is 110 Å². The quantitative estimate of drug-likeness (QED) is 0.0989. The SMILES string of the molecule is c1ccc(-c2cc(-c3ccc(-c4ccc(-c5cccc6oc7ccccc7c56)cc4)cc3)nc(-c3ccccc3)n2)cc1.c1ccc(-c2cc(-c3ccc(-c4ccc5c(c4)oc4ccccc45)cc3)cc(-c3ccc(-c4ccc5c(c4)oc4ccccc45)cc3)n2)cc1.c1ccc(-c2cc(-c3ccc(-c4ccc5oc6ccccc6c5c4)cc3)cc(-c3ccc(-c4ccc5oc6ccccc6c5c4)cc3)n2)cc1. The highest BCUT2D eigenvalue weighted by Crippen LogP contribution is 2.44. The van der Waals surface area contributed by atoms with E-state index in [2.05, 4.69) is 394 Å². The van der Waals surface area contributed by atoms with Crippen molar-refractivity contribution in [1.82, 2.24) is 19.9 Å². The molecule has 28 rings (SSSR count). The molecule has 0 atom stereocenters. The molecule has 9 heteroatoms. The van der Waals surface area contributed by atoms with Gasteiger partial charge in [0, 0.05) is 92.8 Å². The highest BCUT2D eigenvalue weighted by molar-refractivity contribution is 6.14. The van der Waals surface area contributed by atoms with Gasteiger partial charge >= 0.3 is 0 Å². The van der Waals surface area contributed by atoms with Crippen molar-refractivity contribution in [2.75, 3.05) is 0 Å². The number of aromatic nitrogens is 4. The first-order valence-electron chi connectivity index (χ1n) is 48.1. The van der Waals surface area contributed by atoms with E-state index in [-0.39, 0.29) is 0 Å². The van der Waals surface area contributed by atoms with E-state index in [1.807, 2.05) is 115 Å². The molecule has 0 bridgehead atoms. The zero-order valence-electron chi connectivity index (χ0n) is 77.3. The minimum atomic E-state index is 0.719. The van der Waals surface area contributed by atoms with Gasteiger partial charge in [0.1, 0.15) is 55.8 Å². The predicted octanol–water partition coefficient (Wildman–Crippen LogP) is 37.1. The molecule has 8 aromatic heterocycles. The molecule has 670 valence electrons. The van der Waals surface area contributed by atoms with Crippen LogP contribution in [0.1, 0.15) is 0 Å². The molecule has 0 fully saturated rings. The van der Waals surface area contributed by atoms with Crippen LogP contribution in [0, 0.1) is 0 Å². The second-order valence-corrected chi connectivity index (χ2v) is 36.2. The van der Waals surface area contributed by atoms with Gasteiger partial charge in [-0.05, 0) is 204 Å². The summed E-state index contributed by atoms with van der Waals surface area (Å²) in [4.78, 5) is 20.2. The van der Waals surface area contributed by atoms with Gasteiger partial charge in [-0.15, -0.1) is 0 Å². The van der Waals surface area contributed by atoms with E-state index in [1.165, 1.54) is 11.1 Å². The van der Waals surface area contributed by atoms with Gasteiger partial charge < -0.3 is 22.1 Å². The van der Waals surface area contributed by atoms with Crippen molar-refractivity contribution in [2.45, 2.75) is 0 Å².